The molecule has 3 aromatic rings. The van der Waals surface area contributed by atoms with Crippen LogP contribution >= 0.6 is 11.3 Å². The second-order valence-corrected chi connectivity index (χ2v) is 9.29. The number of aromatic nitrogens is 2. The van der Waals surface area contributed by atoms with Gasteiger partial charge in [0.25, 0.3) is 20.0 Å². The number of sulfonamides is 2. The van der Waals surface area contributed by atoms with Crippen molar-refractivity contribution >= 4 is 42.9 Å². The van der Waals surface area contributed by atoms with E-state index >= 15 is 0 Å². The third kappa shape index (κ3) is 3.97. The highest BCUT2D eigenvalue weighted by Gasteiger charge is 2.19. The van der Waals surface area contributed by atoms with Crippen molar-refractivity contribution < 1.29 is 21.4 Å². The zero-order chi connectivity index (χ0) is 18.1. The Balaban J connectivity index is 1.78. The smallest absolute Gasteiger partial charge is 0.289 e. The third-order valence-corrected chi connectivity index (χ3v) is 6.88. The van der Waals surface area contributed by atoms with Gasteiger partial charge in [-0.05, 0) is 31.2 Å². The van der Waals surface area contributed by atoms with Crippen LogP contribution in [-0.4, -0.2) is 27.0 Å². The lowest BCUT2D eigenvalue weighted by Crippen LogP contribution is -2.14. The van der Waals surface area contributed by atoms with Crippen LogP contribution in [0, 0.1) is 6.92 Å². The summed E-state index contributed by atoms with van der Waals surface area (Å²) in [6.07, 6.45) is 1.38. The molecule has 0 saturated heterocycles. The molecule has 25 heavy (non-hydrogen) atoms. The van der Waals surface area contributed by atoms with Gasteiger partial charge in [-0.2, -0.15) is 8.42 Å². The molecule has 9 nitrogen and oxygen atoms in total. The monoisotopic (exact) mass is 400 g/mol. The fourth-order valence-corrected chi connectivity index (χ4v) is 4.73. The molecule has 0 unspecified atom stereocenters. The second-order valence-electron chi connectivity index (χ2n) is 4.86. The van der Waals surface area contributed by atoms with Gasteiger partial charge in [0.2, 0.25) is 4.34 Å². The lowest BCUT2D eigenvalue weighted by Gasteiger charge is -2.08. The molecule has 132 valence electrons. The summed E-state index contributed by atoms with van der Waals surface area (Å²) in [6, 6.07) is 6.67. The topological polar surface area (TPSA) is 131 Å². The van der Waals surface area contributed by atoms with Crippen molar-refractivity contribution in [2.24, 2.45) is 0 Å². The van der Waals surface area contributed by atoms with Crippen LogP contribution in [0.25, 0.3) is 0 Å². The van der Waals surface area contributed by atoms with Gasteiger partial charge >= 0.3 is 0 Å². The predicted octanol–water partition coefficient (Wildman–Crippen LogP) is 2.04. The van der Waals surface area contributed by atoms with Gasteiger partial charge in [-0.15, -0.1) is 11.3 Å². The standard InChI is InChI=1S/C13H12N4O5S3/c1-9-8-12(15-22-9)17-24(18,19)11-4-2-10(3-5-11)16-25(20,21)13-14-6-7-23-13/h2-8,16H,1H3,(H,15,17). The number of anilines is 2. The van der Waals surface area contributed by atoms with Crippen LogP contribution in [0.4, 0.5) is 11.5 Å². The van der Waals surface area contributed by atoms with E-state index in [1.165, 1.54) is 36.5 Å². The number of benzene rings is 1. The number of nitrogens with zero attached hydrogens (tertiary/aromatic N) is 2. The Kier molecular flexibility index (Phi) is 4.49. The molecular weight excluding hydrogens is 388 g/mol. The van der Waals surface area contributed by atoms with Crippen molar-refractivity contribution in [1.29, 1.82) is 0 Å². The molecule has 0 bridgehead atoms. The minimum atomic E-state index is -3.86. The molecule has 0 aliphatic heterocycles. The number of rotatable bonds is 6. The maximum Gasteiger partial charge on any atom is 0.289 e. The van der Waals surface area contributed by atoms with Crippen LogP contribution in [0.15, 0.2) is 55.7 Å². The summed E-state index contributed by atoms with van der Waals surface area (Å²) in [5.74, 6) is 0.524. The molecule has 0 aliphatic carbocycles. The van der Waals surface area contributed by atoms with Gasteiger partial charge < -0.3 is 4.52 Å². The van der Waals surface area contributed by atoms with E-state index in [2.05, 4.69) is 19.6 Å². The molecule has 0 amide bonds. The molecule has 3 rings (SSSR count). The first-order valence-electron chi connectivity index (χ1n) is 6.75. The summed E-state index contributed by atoms with van der Waals surface area (Å²) in [5.41, 5.74) is 0.214. The van der Waals surface area contributed by atoms with E-state index in [1.54, 1.807) is 12.3 Å². The zero-order valence-electron chi connectivity index (χ0n) is 12.7. The van der Waals surface area contributed by atoms with Crippen LogP contribution in [0.2, 0.25) is 0 Å². The van der Waals surface area contributed by atoms with E-state index in [1.807, 2.05) is 0 Å². The van der Waals surface area contributed by atoms with Crippen molar-refractivity contribution in [3.05, 3.63) is 47.7 Å². The Morgan fingerprint density at radius 2 is 1.76 bits per heavy atom. The normalized spacial score (nSPS) is 12.0. The Labute approximate surface area is 147 Å². The van der Waals surface area contributed by atoms with Crippen LogP contribution in [-0.2, 0) is 20.0 Å². The maximum atomic E-state index is 12.3. The molecule has 1 aromatic carbocycles. The molecule has 2 N–H and O–H groups in total. The summed E-state index contributed by atoms with van der Waals surface area (Å²) in [4.78, 5) is 3.69. The molecule has 0 spiro atoms. The quantitative estimate of drug-likeness (QED) is 0.647. The fraction of sp³-hybridized carbons (Fsp3) is 0.0769. The summed E-state index contributed by atoms with van der Waals surface area (Å²) in [5, 5.41) is 5.10. The van der Waals surface area contributed by atoms with Gasteiger partial charge in [0, 0.05) is 23.3 Å². The third-order valence-electron chi connectivity index (χ3n) is 2.92. The molecule has 2 heterocycles. The van der Waals surface area contributed by atoms with E-state index in [0.29, 0.717) is 5.76 Å². The lowest BCUT2D eigenvalue weighted by atomic mass is 10.3. The van der Waals surface area contributed by atoms with Gasteiger partial charge in [0.05, 0.1) is 4.90 Å². The minimum absolute atomic E-state index is 0.0506. The van der Waals surface area contributed by atoms with Crippen LogP contribution in [0.1, 0.15) is 5.76 Å². The van der Waals surface area contributed by atoms with Crippen LogP contribution < -0.4 is 9.44 Å². The summed E-state index contributed by atoms with van der Waals surface area (Å²) in [7, 11) is -7.66. The van der Waals surface area contributed by atoms with Crippen LogP contribution in [0.5, 0.6) is 0 Å². The minimum Gasteiger partial charge on any atom is -0.360 e. The summed E-state index contributed by atoms with van der Waals surface area (Å²) < 4.78 is 58.0. The number of aryl methyl sites for hydroxylation is 1. The zero-order valence-corrected chi connectivity index (χ0v) is 15.2. The van der Waals surface area contributed by atoms with Crippen molar-refractivity contribution in [2.75, 3.05) is 9.44 Å². The average Bonchev–Trinajstić information content (AvgIpc) is 3.19. The molecule has 0 atom stereocenters. The molecule has 2 aromatic heterocycles. The van der Waals surface area contributed by atoms with Gasteiger partial charge in [0.15, 0.2) is 5.82 Å². The van der Waals surface area contributed by atoms with Crippen molar-refractivity contribution in [3.63, 3.8) is 0 Å². The summed E-state index contributed by atoms with van der Waals surface area (Å²) in [6.45, 7) is 1.63. The van der Waals surface area contributed by atoms with Crippen LogP contribution in [0.3, 0.4) is 0 Å². The Hall–Kier alpha value is -2.44. The SMILES string of the molecule is Cc1cc(NS(=O)(=O)c2ccc(NS(=O)(=O)c3nccs3)cc2)no1. The molecule has 12 heteroatoms. The first-order chi connectivity index (χ1) is 11.8. The van der Waals surface area contributed by atoms with Crippen molar-refractivity contribution in [1.82, 2.24) is 10.1 Å². The van der Waals surface area contributed by atoms with E-state index in [0.717, 1.165) is 11.3 Å². The molecule has 0 saturated carbocycles. The average molecular weight is 400 g/mol. The predicted molar refractivity (Wildman–Crippen MR) is 91.4 cm³/mol. The maximum absolute atomic E-state index is 12.3. The van der Waals surface area contributed by atoms with Gasteiger partial charge in [-0.1, -0.05) is 5.16 Å². The molecule has 0 fully saturated rings. The highest BCUT2D eigenvalue weighted by atomic mass is 32.2. The number of hydrogen-bond donors (Lipinski definition) is 2. The van der Waals surface area contributed by atoms with Gasteiger partial charge in [-0.3, -0.25) is 9.44 Å². The number of nitrogens with one attached hydrogen (secondary N) is 2. The number of thiazole rings is 1. The first kappa shape index (κ1) is 17.4. The molecular formula is C13H12N4O5S3. The first-order valence-corrected chi connectivity index (χ1v) is 10.6. The van der Waals surface area contributed by atoms with Crippen molar-refractivity contribution in [3.8, 4) is 0 Å². The molecule has 0 radical (unpaired) electrons. The highest BCUT2D eigenvalue weighted by molar-refractivity contribution is 7.94. The van der Waals surface area contributed by atoms with E-state index in [4.69, 9.17) is 4.52 Å². The van der Waals surface area contributed by atoms with E-state index in [9.17, 15) is 16.8 Å². The Bertz CT molecular complexity index is 1070. The Morgan fingerprint density at radius 1 is 1.04 bits per heavy atom. The van der Waals surface area contributed by atoms with E-state index in [-0.39, 0.29) is 20.7 Å². The van der Waals surface area contributed by atoms with Gasteiger partial charge in [0.1, 0.15) is 5.76 Å². The summed E-state index contributed by atoms with van der Waals surface area (Å²) >= 11 is 0.976. The highest BCUT2D eigenvalue weighted by Crippen LogP contribution is 2.21. The molecule has 0 aliphatic rings. The fourth-order valence-electron chi connectivity index (χ4n) is 1.86. The lowest BCUT2D eigenvalue weighted by molar-refractivity contribution is 0.400. The van der Waals surface area contributed by atoms with Crippen molar-refractivity contribution in [2.45, 2.75) is 16.2 Å². The van der Waals surface area contributed by atoms with E-state index < -0.39 is 20.0 Å². The number of hydrogen-bond acceptors (Lipinski definition) is 8. The largest absolute Gasteiger partial charge is 0.360 e. The second kappa shape index (κ2) is 6.46. The Morgan fingerprint density at radius 3 is 2.32 bits per heavy atom. The van der Waals surface area contributed by atoms with Gasteiger partial charge in [-0.25, -0.2) is 13.4 Å².